The average Bonchev–Trinajstić information content (AvgIpc) is 3.65. The van der Waals surface area contributed by atoms with Crippen LogP contribution in [0.4, 0.5) is 0 Å². The second kappa shape index (κ2) is 7.66. The van der Waals surface area contributed by atoms with Crippen molar-refractivity contribution in [1.29, 1.82) is 0 Å². The molecule has 0 unspecified atom stereocenters. The van der Waals surface area contributed by atoms with E-state index in [0.717, 1.165) is 39.0 Å². The van der Waals surface area contributed by atoms with Gasteiger partial charge in [0.15, 0.2) is 0 Å². The fourth-order valence-corrected chi connectivity index (χ4v) is 4.94. The molecule has 5 aromatic heterocycles. The Morgan fingerprint density at radius 3 is 2.83 bits per heavy atom. The van der Waals surface area contributed by atoms with Crippen molar-refractivity contribution in [3.8, 4) is 11.1 Å². The van der Waals surface area contributed by atoms with Gasteiger partial charge in [-0.15, -0.1) is 0 Å². The summed E-state index contributed by atoms with van der Waals surface area (Å²) in [6, 6.07) is 17.3. The Bertz CT molecular complexity index is 1660. The molecule has 0 fully saturated rings. The summed E-state index contributed by atoms with van der Waals surface area (Å²) in [5.41, 5.74) is 5.98. The van der Waals surface area contributed by atoms with Crippen LogP contribution in [-0.2, 0) is 6.42 Å². The zero-order valence-electron chi connectivity index (χ0n) is 18.6. The molecule has 0 aliphatic carbocycles. The summed E-state index contributed by atoms with van der Waals surface area (Å²) in [5.74, 6) is 0.597. The van der Waals surface area contributed by atoms with Crippen molar-refractivity contribution < 1.29 is 9.21 Å². The van der Waals surface area contributed by atoms with Gasteiger partial charge in [-0.3, -0.25) is 9.78 Å². The lowest BCUT2D eigenvalue weighted by atomic mass is 9.99. The number of carbonyl (C=O) groups excluding carboxylic acids is 1. The fraction of sp³-hybridized carbons (Fsp3) is 0.111. The number of pyridine rings is 2. The predicted octanol–water partition coefficient (Wildman–Crippen LogP) is 4.65. The van der Waals surface area contributed by atoms with Gasteiger partial charge < -0.3 is 14.3 Å². The Balaban J connectivity index is 1.30. The number of carbonyl (C=O) groups is 1. The summed E-state index contributed by atoms with van der Waals surface area (Å²) >= 11 is 0. The van der Waals surface area contributed by atoms with Crippen LogP contribution in [0.15, 0.2) is 90.1 Å². The highest BCUT2D eigenvalue weighted by molar-refractivity contribution is 6.01. The highest BCUT2D eigenvalue weighted by Crippen LogP contribution is 2.37. The third-order valence-electron chi connectivity index (χ3n) is 6.66. The average molecular weight is 460 g/mol. The molecule has 170 valence electrons. The molecule has 0 spiro atoms. The topological polar surface area (TPSA) is 92.3 Å². The molecule has 0 bridgehead atoms. The largest absolute Gasteiger partial charge is 0.458 e. The maximum atomic E-state index is 13.9. The monoisotopic (exact) mass is 460 g/mol. The zero-order chi connectivity index (χ0) is 23.4. The second-order valence-corrected chi connectivity index (χ2v) is 8.65. The summed E-state index contributed by atoms with van der Waals surface area (Å²) in [7, 11) is 0. The van der Waals surface area contributed by atoms with Gasteiger partial charge >= 0.3 is 0 Å². The number of aromatic nitrogens is 5. The van der Waals surface area contributed by atoms with Crippen molar-refractivity contribution in [2.24, 2.45) is 0 Å². The van der Waals surface area contributed by atoms with E-state index in [4.69, 9.17) is 4.42 Å². The number of aromatic amines is 1. The first-order valence-electron chi connectivity index (χ1n) is 11.5. The van der Waals surface area contributed by atoms with Gasteiger partial charge in [-0.25, -0.2) is 9.50 Å². The second-order valence-electron chi connectivity index (χ2n) is 8.65. The van der Waals surface area contributed by atoms with Crippen LogP contribution in [0.2, 0.25) is 0 Å². The highest BCUT2D eigenvalue weighted by atomic mass is 16.3. The first-order chi connectivity index (χ1) is 17.3. The lowest BCUT2D eigenvalue weighted by Gasteiger charge is -2.33. The lowest BCUT2D eigenvalue weighted by molar-refractivity contribution is 0.0675. The number of nitrogens with zero attached hydrogens (tertiary/aromatic N) is 5. The molecule has 1 atom stereocenters. The SMILES string of the molecule is O=C(c1cnn2cc(-c3ccncc3)ccc12)N1CCc2[nH]cnc2[C@H]1c1cc2ccccc2o1. The van der Waals surface area contributed by atoms with E-state index < -0.39 is 6.04 Å². The van der Waals surface area contributed by atoms with Crippen molar-refractivity contribution in [1.82, 2.24) is 29.5 Å². The molecule has 1 aliphatic heterocycles. The molecule has 0 saturated heterocycles. The molecule has 0 saturated carbocycles. The third kappa shape index (κ3) is 3.14. The van der Waals surface area contributed by atoms with Crippen LogP contribution >= 0.6 is 0 Å². The van der Waals surface area contributed by atoms with Gasteiger partial charge in [0.05, 0.1) is 29.3 Å². The van der Waals surface area contributed by atoms with E-state index in [2.05, 4.69) is 20.1 Å². The van der Waals surface area contributed by atoms with Crippen molar-refractivity contribution >= 4 is 22.4 Å². The molecule has 7 rings (SSSR count). The van der Waals surface area contributed by atoms with E-state index in [9.17, 15) is 4.79 Å². The van der Waals surface area contributed by atoms with E-state index in [1.54, 1.807) is 29.4 Å². The van der Waals surface area contributed by atoms with Gasteiger partial charge in [-0.1, -0.05) is 24.3 Å². The Morgan fingerprint density at radius 1 is 1.06 bits per heavy atom. The molecule has 35 heavy (non-hydrogen) atoms. The number of rotatable bonds is 3. The molecule has 1 aliphatic rings. The van der Waals surface area contributed by atoms with Gasteiger partial charge in [0.25, 0.3) is 5.91 Å². The number of imidazole rings is 1. The van der Waals surface area contributed by atoms with E-state index in [1.165, 1.54) is 0 Å². The smallest absolute Gasteiger partial charge is 0.258 e. The number of hydrogen-bond donors (Lipinski definition) is 1. The van der Waals surface area contributed by atoms with E-state index in [0.29, 0.717) is 24.3 Å². The standard InChI is InChI=1S/C27H20N6O2/c34-27(20-14-31-33-15-19(5-6-22(20)33)17-7-10-28-11-8-17)32-12-9-21-25(30-16-29-21)26(32)24-13-18-3-1-2-4-23(18)35-24/h1-8,10-11,13-16,26H,9,12H2,(H,29,30)/t26-/m1/s1. The fourth-order valence-electron chi connectivity index (χ4n) is 4.94. The first kappa shape index (κ1) is 19.7. The summed E-state index contributed by atoms with van der Waals surface area (Å²) in [4.78, 5) is 27.7. The molecule has 0 radical (unpaired) electrons. The number of H-pyrrole nitrogens is 1. The van der Waals surface area contributed by atoms with E-state index in [1.807, 2.05) is 65.7 Å². The van der Waals surface area contributed by atoms with Crippen molar-refractivity contribution in [2.45, 2.75) is 12.5 Å². The summed E-state index contributed by atoms with van der Waals surface area (Å²) in [6.07, 6.45) is 9.47. The van der Waals surface area contributed by atoms with Crippen LogP contribution in [0.25, 0.3) is 27.6 Å². The van der Waals surface area contributed by atoms with Gasteiger partial charge in [0.1, 0.15) is 17.4 Å². The van der Waals surface area contributed by atoms with E-state index >= 15 is 0 Å². The third-order valence-corrected chi connectivity index (χ3v) is 6.66. The van der Waals surface area contributed by atoms with Crippen molar-refractivity contribution in [3.05, 3.63) is 108 Å². The number of furan rings is 1. The van der Waals surface area contributed by atoms with Gasteiger partial charge in [0.2, 0.25) is 0 Å². The van der Waals surface area contributed by atoms with Crippen LogP contribution in [0, 0.1) is 0 Å². The molecule has 8 nitrogen and oxygen atoms in total. The Hall–Kier alpha value is -4.72. The van der Waals surface area contributed by atoms with Crippen LogP contribution in [0.1, 0.15) is 33.5 Å². The molecular weight excluding hydrogens is 440 g/mol. The first-order valence-corrected chi connectivity index (χ1v) is 11.5. The Kier molecular flexibility index (Phi) is 4.32. The normalized spacial score (nSPS) is 15.5. The molecular formula is C27H20N6O2. The molecule has 1 aromatic carbocycles. The predicted molar refractivity (Wildman–Crippen MR) is 130 cm³/mol. The van der Waals surface area contributed by atoms with Crippen LogP contribution in [0.5, 0.6) is 0 Å². The Labute approximate surface area is 199 Å². The molecule has 6 heterocycles. The van der Waals surface area contributed by atoms with Crippen LogP contribution in [-0.4, -0.2) is 41.9 Å². The summed E-state index contributed by atoms with van der Waals surface area (Å²) in [5, 5.41) is 5.49. The van der Waals surface area contributed by atoms with Crippen LogP contribution in [0.3, 0.4) is 0 Å². The van der Waals surface area contributed by atoms with Crippen molar-refractivity contribution in [2.75, 3.05) is 6.54 Å². The quantitative estimate of drug-likeness (QED) is 0.415. The van der Waals surface area contributed by atoms with Gasteiger partial charge in [-0.05, 0) is 35.9 Å². The highest BCUT2D eigenvalue weighted by Gasteiger charge is 2.37. The minimum atomic E-state index is -0.420. The number of hydrogen-bond acceptors (Lipinski definition) is 5. The zero-order valence-corrected chi connectivity index (χ0v) is 18.6. The number of benzene rings is 1. The molecule has 6 aromatic rings. The number of nitrogens with one attached hydrogen (secondary N) is 1. The molecule has 1 N–H and O–H groups in total. The minimum absolute atomic E-state index is 0.101. The van der Waals surface area contributed by atoms with Gasteiger partial charge in [0, 0.05) is 48.2 Å². The maximum absolute atomic E-state index is 13.9. The summed E-state index contributed by atoms with van der Waals surface area (Å²) < 4.78 is 7.96. The maximum Gasteiger partial charge on any atom is 0.258 e. The Morgan fingerprint density at radius 2 is 1.94 bits per heavy atom. The minimum Gasteiger partial charge on any atom is -0.458 e. The van der Waals surface area contributed by atoms with Gasteiger partial charge in [-0.2, -0.15) is 5.10 Å². The summed E-state index contributed by atoms with van der Waals surface area (Å²) in [6.45, 7) is 0.544. The lowest BCUT2D eigenvalue weighted by Crippen LogP contribution is -2.40. The van der Waals surface area contributed by atoms with E-state index in [-0.39, 0.29) is 5.91 Å². The number of fused-ring (bicyclic) bond motifs is 3. The number of para-hydroxylation sites is 1. The van der Waals surface area contributed by atoms with Crippen molar-refractivity contribution in [3.63, 3.8) is 0 Å². The van der Waals surface area contributed by atoms with Crippen LogP contribution < -0.4 is 0 Å². The molecule has 8 heteroatoms. The number of amides is 1. The molecule has 1 amide bonds.